The topological polar surface area (TPSA) is 87.4 Å². The third-order valence-corrected chi connectivity index (χ3v) is 7.05. The van der Waals surface area contributed by atoms with E-state index in [0.29, 0.717) is 11.8 Å². The van der Waals surface area contributed by atoms with Crippen LogP contribution >= 0.6 is 0 Å². The molecule has 5 rings (SSSR count). The Labute approximate surface area is 164 Å². The zero-order valence-corrected chi connectivity index (χ0v) is 16.2. The van der Waals surface area contributed by atoms with Crippen molar-refractivity contribution in [1.82, 2.24) is 9.55 Å². The van der Waals surface area contributed by atoms with Crippen LogP contribution in [0.2, 0.25) is 0 Å². The molecule has 0 unspecified atom stereocenters. The van der Waals surface area contributed by atoms with Crippen LogP contribution in [0.5, 0.6) is 11.8 Å². The van der Waals surface area contributed by atoms with Crippen molar-refractivity contribution in [3.8, 4) is 11.8 Å². The van der Waals surface area contributed by atoms with Gasteiger partial charge in [-0.15, -0.1) is 0 Å². The van der Waals surface area contributed by atoms with E-state index in [-0.39, 0.29) is 29.6 Å². The van der Waals surface area contributed by atoms with E-state index >= 15 is 0 Å². The van der Waals surface area contributed by atoms with Crippen molar-refractivity contribution >= 4 is 11.6 Å². The summed E-state index contributed by atoms with van der Waals surface area (Å²) in [7, 11) is 0. The van der Waals surface area contributed by atoms with Crippen LogP contribution in [0.25, 0.3) is 0 Å². The summed E-state index contributed by atoms with van der Waals surface area (Å²) in [5.74, 6) is 1.37. The van der Waals surface area contributed by atoms with Crippen molar-refractivity contribution in [3.05, 3.63) is 35.2 Å². The number of nitrogens with zero attached hydrogens (tertiary/aromatic N) is 2. The van der Waals surface area contributed by atoms with E-state index in [1.807, 2.05) is 13.0 Å². The normalized spacial score (nSPS) is 28.3. The van der Waals surface area contributed by atoms with Crippen LogP contribution in [-0.2, 0) is 4.79 Å². The van der Waals surface area contributed by atoms with Crippen molar-refractivity contribution in [2.24, 2.45) is 5.92 Å². The number of aromatic hydroxyl groups is 2. The largest absolute Gasteiger partial charge is 0.494 e. The second kappa shape index (κ2) is 6.54. The Morgan fingerprint density at radius 2 is 1.68 bits per heavy atom. The molecular formula is C22H27N3O3. The number of pyridine rings is 1. The highest BCUT2D eigenvalue weighted by Crippen LogP contribution is 2.60. The molecule has 0 saturated heterocycles. The first-order valence-electron chi connectivity index (χ1n) is 10.4. The van der Waals surface area contributed by atoms with Crippen LogP contribution in [0.15, 0.2) is 18.5 Å². The number of carbonyl (C=O) groups is 1. The molecule has 28 heavy (non-hydrogen) atoms. The van der Waals surface area contributed by atoms with Gasteiger partial charge in [-0.1, -0.05) is 0 Å². The summed E-state index contributed by atoms with van der Waals surface area (Å²) in [5, 5.41) is 24.6. The third kappa shape index (κ3) is 2.69. The molecule has 2 aromatic rings. The van der Waals surface area contributed by atoms with E-state index in [2.05, 4.69) is 10.3 Å². The number of nitrogens with one attached hydrogen (secondary N) is 1. The van der Waals surface area contributed by atoms with Gasteiger partial charge >= 0.3 is 0 Å². The van der Waals surface area contributed by atoms with Crippen LogP contribution in [-0.4, -0.2) is 25.7 Å². The number of rotatable bonds is 3. The summed E-state index contributed by atoms with van der Waals surface area (Å²) in [6.45, 7) is 1.95. The van der Waals surface area contributed by atoms with Crippen LogP contribution in [0.1, 0.15) is 79.5 Å². The Morgan fingerprint density at radius 1 is 1.04 bits per heavy atom. The summed E-state index contributed by atoms with van der Waals surface area (Å²) in [6, 6.07) is 1.98. The van der Waals surface area contributed by atoms with E-state index in [0.717, 1.165) is 67.3 Å². The van der Waals surface area contributed by atoms with E-state index < -0.39 is 0 Å². The Balaban J connectivity index is 1.28. The molecule has 3 N–H and O–H groups in total. The fourth-order valence-corrected chi connectivity index (χ4v) is 5.72. The first-order chi connectivity index (χ1) is 13.5. The second-order valence-corrected chi connectivity index (χ2v) is 8.80. The van der Waals surface area contributed by atoms with E-state index in [1.165, 1.54) is 0 Å². The molecule has 0 aromatic carbocycles. The van der Waals surface area contributed by atoms with Crippen LogP contribution in [0.3, 0.4) is 0 Å². The smallest absolute Gasteiger partial charge is 0.227 e. The molecule has 6 nitrogen and oxygen atoms in total. The minimum Gasteiger partial charge on any atom is -0.494 e. The van der Waals surface area contributed by atoms with E-state index in [1.54, 1.807) is 17.0 Å². The number of aromatic nitrogens is 2. The molecule has 2 atom stereocenters. The molecule has 0 radical (unpaired) electrons. The van der Waals surface area contributed by atoms with Gasteiger partial charge in [-0.25, -0.2) is 0 Å². The molecule has 3 aliphatic carbocycles. The summed E-state index contributed by atoms with van der Waals surface area (Å²) in [4.78, 5) is 16.7. The summed E-state index contributed by atoms with van der Waals surface area (Å²) in [6.07, 6.45) is 9.83. The molecule has 2 aromatic heterocycles. The van der Waals surface area contributed by atoms with Crippen molar-refractivity contribution in [2.75, 3.05) is 5.32 Å². The van der Waals surface area contributed by atoms with E-state index in [9.17, 15) is 15.0 Å². The van der Waals surface area contributed by atoms with Crippen molar-refractivity contribution in [1.29, 1.82) is 0 Å². The monoisotopic (exact) mass is 381 g/mol. The van der Waals surface area contributed by atoms with Crippen molar-refractivity contribution in [3.63, 3.8) is 0 Å². The minimum atomic E-state index is -0.0420. The minimum absolute atomic E-state index is 0.0346. The fraction of sp³-hybridized carbons (Fsp3) is 0.545. The Kier molecular flexibility index (Phi) is 4.11. The molecular weight excluding hydrogens is 354 g/mol. The molecule has 2 fully saturated rings. The average molecular weight is 381 g/mol. The molecule has 2 heterocycles. The summed E-state index contributed by atoms with van der Waals surface area (Å²) in [5.41, 5.74) is 3.75. The highest BCUT2D eigenvalue weighted by Gasteiger charge is 2.45. The molecule has 6 heteroatoms. The van der Waals surface area contributed by atoms with E-state index in [4.69, 9.17) is 0 Å². The Bertz CT molecular complexity index is 894. The van der Waals surface area contributed by atoms with Gasteiger partial charge in [-0.2, -0.15) is 0 Å². The third-order valence-electron chi connectivity index (χ3n) is 7.05. The highest BCUT2D eigenvalue weighted by atomic mass is 16.3. The van der Waals surface area contributed by atoms with Crippen LogP contribution in [0.4, 0.5) is 5.69 Å². The maximum absolute atomic E-state index is 12.6. The highest BCUT2D eigenvalue weighted by molar-refractivity contribution is 5.92. The lowest BCUT2D eigenvalue weighted by atomic mass is 9.85. The van der Waals surface area contributed by atoms with Crippen LogP contribution in [0, 0.1) is 12.8 Å². The number of anilines is 1. The molecule has 0 spiro atoms. The van der Waals surface area contributed by atoms with Gasteiger partial charge in [0.1, 0.15) is 0 Å². The van der Waals surface area contributed by atoms with Gasteiger partial charge in [0, 0.05) is 29.3 Å². The predicted octanol–water partition coefficient (Wildman–Crippen LogP) is 4.34. The standard InChI is InChI=1S/C22H27N3O3/c1-12-8-16(11-23-10-12)24-20(26)13-4-6-17(7-5-13)25-21(27)18-14-2-3-15(9-14)19(18)22(25)28/h8,10-11,13-15,17,27-28H,2-7,9H2,1H3,(H,24,26)/t13?,14-,15+,17?. The summed E-state index contributed by atoms with van der Waals surface area (Å²) < 4.78 is 1.76. The predicted molar refractivity (Wildman–Crippen MR) is 106 cm³/mol. The SMILES string of the molecule is Cc1cncc(NC(=O)C2CCC(n3c(O)c4c(c3O)[C@H]3CC[C@@H]4C3)CC2)c1. The van der Waals surface area contributed by atoms with Gasteiger partial charge in [-0.05, 0) is 75.3 Å². The zero-order chi connectivity index (χ0) is 19.4. The quantitative estimate of drug-likeness (QED) is 0.738. The van der Waals surface area contributed by atoms with Gasteiger partial charge < -0.3 is 15.5 Å². The van der Waals surface area contributed by atoms with Crippen molar-refractivity contribution in [2.45, 2.75) is 69.7 Å². The number of amides is 1. The maximum Gasteiger partial charge on any atom is 0.227 e. The Hall–Kier alpha value is -2.50. The number of hydrogen-bond donors (Lipinski definition) is 3. The zero-order valence-electron chi connectivity index (χ0n) is 16.2. The number of carbonyl (C=O) groups excluding carboxylic acids is 1. The summed E-state index contributed by atoms with van der Waals surface area (Å²) >= 11 is 0. The average Bonchev–Trinajstić information content (AvgIpc) is 3.36. The first kappa shape index (κ1) is 17.6. The lowest BCUT2D eigenvalue weighted by molar-refractivity contribution is -0.121. The molecule has 1 amide bonds. The fourth-order valence-electron chi connectivity index (χ4n) is 5.72. The van der Waals surface area contributed by atoms with Gasteiger partial charge in [0.15, 0.2) is 11.8 Å². The number of hydrogen-bond acceptors (Lipinski definition) is 4. The number of fused-ring (bicyclic) bond motifs is 5. The molecule has 3 aliphatic rings. The van der Waals surface area contributed by atoms with Gasteiger partial charge in [0.05, 0.1) is 11.9 Å². The first-order valence-corrected chi connectivity index (χ1v) is 10.4. The lowest BCUT2D eigenvalue weighted by Gasteiger charge is -2.29. The molecule has 2 bridgehead atoms. The molecule has 148 valence electrons. The van der Waals surface area contributed by atoms with Gasteiger partial charge in [0.2, 0.25) is 5.91 Å². The lowest BCUT2D eigenvalue weighted by Crippen LogP contribution is -2.28. The molecule has 0 aliphatic heterocycles. The molecule has 2 saturated carbocycles. The van der Waals surface area contributed by atoms with Gasteiger partial charge in [-0.3, -0.25) is 14.3 Å². The van der Waals surface area contributed by atoms with Crippen molar-refractivity contribution < 1.29 is 15.0 Å². The van der Waals surface area contributed by atoms with Crippen LogP contribution < -0.4 is 5.32 Å². The van der Waals surface area contributed by atoms with Gasteiger partial charge in [0.25, 0.3) is 0 Å². The second-order valence-electron chi connectivity index (χ2n) is 8.80. The Morgan fingerprint density at radius 3 is 2.29 bits per heavy atom. The maximum atomic E-state index is 12.6. The number of aryl methyl sites for hydroxylation is 1.